The van der Waals surface area contributed by atoms with Crippen LogP contribution in [0.1, 0.15) is 18.4 Å². The molecule has 0 amide bonds. The van der Waals surface area contributed by atoms with E-state index in [1.54, 1.807) is 24.3 Å². The van der Waals surface area contributed by atoms with Gasteiger partial charge in [0.05, 0.1) is 4.90 Å². The van der Waals surface area contributed by atoms with Crippen molar-refractivity contribution in [2.24, 2.45) is 0 Å². The molecule has 2 N–H and O–H groups in total. The van der Waals surface area contributed by atoms with Crippen LogP contribution in [0.25, 0.3) is 0 Å². The molecule has 0 aliphatic heterocycles. The van der Waals surface area contributed by atoms with E-state index < -0.39 is 10.0 Å². The average molecular weight is 304 g/mol. The highest BCUT2D eigenvalue weighted by atomic mass is 32.2. The predicted octanol–water partition coefficient (Wildman–Crippen LogP) is 2.81. The minimum Gasteiger partial charge on any atom is -0.384 e. The van der Waals surface area contributed by atoms with Crippen molar-refractivity contribution >= 4 is 15.7 Å². The summed E-state index contributed by atoms with van der Waals surface area (Å²) in [5.41, 5.74) is 2.19. The number of hydrogen-bond donors (Lipinski definition) is 2. The predicted molar refractivity (Wildman–Crippen MR) is 86.0 cm³/mol. The molecule has 112 valence electrons. The van der Waals surface area contributed by atoms with Crippen molar-refractivity contribution in [1.29, 1.82) is 0 Å². The van der Waals surface area contributed by atoms with Gasteiger partial charge in [-0.25, -0.2) is 13.1 Å². The van der Waals surface area contributed by atoms with Gasteiger partial charge in [0.15, 0.2) is 0 Å². The van der Waals surface area contributed by atoms with Gasteiger partial charge < -0.3 is 5.32 Å². The van der Waals surface area contributed by atoms with Gasteiger partial charge in [0.2, 0.25) is 10.0 Å². The summed E-state index contributed by atoms with van der Waals surface area (Å²) in [6, 6.07) is 17.0. The fraction of sp³-hybridized carbons (Fsp3) is 0.250. The van der Waals surface area contributed by atoms with Gasteiger partial charge in [0, 0.05) is 12.2 Å². The van der Waals surface area contributed by atoms with Gasteiger partial charge in [-0.2, -0.15) is 0 Å². The largest absolute Gasteiger partial charge is 0.384 e. The second-order valence-electron chi connectivity index (χ2n) is 4.92. The number of nitrogens with one attached hydrogen (secondary N) is 2. The van der Waals surface area contributed by atoms with Crippen LogP contribution < -0.4 is 10.0 Å². The number of hydrogen-bond acceptors (Lipinski definition) is 3. The lowest BCUT2D eigenvalue weighted by atomic mass is 10.0. The molecule has 2 aromatic rings. The van der Waals surface area contributed by atoms with E-state index in [9.17, 15) is 8.42 Å². The zero-order valence-electron chi connectivity index (χ0n) is 12.2. The third-order valence-electron chi connectivity index (χ3n) is 3.41. The molecule has 0 radical (unpaired) electrons. The maximum absolute atomic E-state index is 11.6. The molecule has 5 heteroatoms. The zero-order chi connectivity index (χ0) is 15.3. The summed E-state index contributed by atoms with van der Waals surface area (Å²) in [7, 11) is -1.96. The summed E-state index contributed by atoms with van der Waals surface area (Å²) < 4.78 is 25.6. The van der Waals surface area contributed by atoms with Crippen molar-refractivity contribution in [3.8, 4) is 0 Å². The van der Waals surface area contributed by atoms with Crippen LogP contribution in [0.4, 0.5) is 5.69 Å². The highest BCUT2D eigenvalue weighted by Gasteiger charge is 2.10. The highest BCUT2D eigenvalue weighted by Crippen LogP contribution is 2.17. The van der Waals surface area contributed by atoms with Crippen molar-refractivity contribution in [3.05, 3.63) is 60.2 Å². The van der Waals surface area contributed by atoms with E-state index >= 15 is 0 Å². The molecule has 0 saturated carbocycles. The van der Waals surface area contributed by atoms with Gasteiger partial charge in [-0.15, -0.1) is 0 Å². The summed E-state index contributed by atoms with van der Waals surface area (Å²) in [6.07, 6.45) is 0. The van der Waals surface area contributed by atoms with Crippen molar-refractivity contribution in [2.45, 2.75) is 17.7 Å². The zero-order valence-corrected chi connectivity index (χ0v) is 13.0. The molecule has 0 aliphatic carbocycles. The van der Waals surface area contributed by atoms with Crippen molar-refractivity contribution in [3.63, 3.8) is 0 Å². The van der Waals surface area contributed by atoms with Crippen LogP contribution in [0, 0.1) is 0 Å². The van der Waals surface area contributed by atoms with Crippen LogP contribution >= 0.6 is 0 Å². The first kappa shape index (κ1) is 15.5. The van der Waals surface area contributed by atoms with E-state index in [1.807, 2.05) is 18.2 Å². The summed E-state index contributed by atoms with van der Waals surface area (Å²) in [5, 5.41) is 3.32. The molecule has 0 aromatic heterocycles. The van der Waals surface area contributed by atoms with Crippen LogP contribution in [0.3, 0.4) is 0 Å². The summed E-state index contributed by atoms with van der Waals surface area (Å²) in [6.45, 7) is 2.95. The van der Waals surface area contributed by atoms with E-state index in [4.69, 9.17) is 0 Å². The maximum atomic E-state index is 11.6. The quantitative estimate of drug-likeness (QED) is 0.863. The van der Waals surface area contributed by atoms with Crippen LogP contribution in [0.2, 0.25) is 0 Å². The Balaban J connectivity index is 1.98. The van der Waals surface area contributed by atoms with E-state index in [-0.39, 0.29) is 4.90 Å². The van der Waals surface area contributed by atoms with Crippen molar-refractivity contribution in [1.82, 2.24) is 4.72 Å². The highest BCUT2D eigenvalue weighted by molar-refractivity contribution is 7.89. The van der Waals surface area contributed by atoms with Gasteiger partial charge in [-0.1, -0.05) is 37.3 Å². The molecule has 0 saturated heterocycles. The van der Waals surface area contributed by atoms with Gasteiger partial charge in [0.1, 0.15) is 0 Å². The fourth-order valence-corrected chi connectivity index (χ4v) is 2.77. The first-order chi connectivity index (χ1) is 10.0. The smallest absolute Gasteiger partial charge is 0.240 e. The number of sulfonamides is 1. The minimum absolute atomic E-state index is 0.270. The minimum atomic E-state index is -3.37. The van der Waals surface area contributed by atoms with Gasteiger partial charge in [-0.05, 0) is 42.8 Å². The number of anilines is 1. The molecule has 1 atom stereocenters. The first-order valence-electron chi connectivity index (χ1n) is 6.85. The molecule has 2 rings (SSSR count). The number of benzene rings is 2. The van der Waals surface area contributed by atoms with E-state index in [0.717, 1.165) is 12.2 Å². The van der Waals surface area contributed by atoms with E-state index in [0.29, 0.717) is 5.92 Å². The van der Waals surface area contributed by atoms with Gasteiger partial charge >= 0.3 is 0 Å². The first-order valence-corrected chi connectivity index (χ1v) is 8.33. The molecular weight excluding hydrogens is 284 g/mol. The maximum Gasteiger partial charge on any atom is 0.240 e. The normalized spacial score (nSPS) is 12.9. The molecule has 4 nitrogen and oxygen atoms in total. The van der Waals surface area contributed by atoms with Crippen molar-refractivity contribution in [2.75, 3.05) is 18.9 Å². The topological polar surface area (TPSA) is 58.2 Å². The van der Waals surface area contributed by atoms with Crippen LogP contribution in [-0.2, 0) is 10.0 Å². The van der Waals surface area contributed by atoms with Crippen LogP contribution in [0.15, 0.2) is 59.5 Å². The Morgan fingerprint density at radius 1 is 1.00 bits per heavy atom. The number of rotatable bonds is 6. The summed E-state index contributed by atoms with van der Waals surface area (Å²) >= 11 is 0. The molecule has 0 heterocycles. The van der Waals surface area contributed by atoms with E-state index in [1.165, 1.54) is 12.6 Å². The van der Waals surface area contributed by atoms with Gasteiger partial charge in [0.25, 0.3) is 0 Å². The summed E-state index contributed by atoms with van der Waals surface area (Å²) in [5.74, 6) is 0.381. The Bertz CT molecular complexity index is 667. The standard InChI is InChI=1S/C16H20N2O2S/c1-13(14-6-4-3-5-7-14)12-18-15-8-10-16(11-9-15)21(19,20)17-2/h3-11,13,17-18H,12H2,1-2H3. The molecule has 2 aromatic carbocycles. The second-order valence-corrected chi connectivity index (χ2v) is 6.81. The molecular formula is C16H20N2O2S. The van der Waals surface area contributed by atoms with Crippen LogP contribution in [0.5, 0.6) is 0 Å². The molecule has 0 aliphatic rings. The van der Waals surface area contributed by atoms with Crippen molar-refractivity contribution < 1.29 is 8.42 Å². The molecule has 21 heavy (non-hydrogen) atoms. The monoisotopic (exact) mass is 304 g/mol. The Kier molecular flexibility index (Phi) is 4.98. The third-order valence-corrected chi connectivity index (χ3v) is 4.84. The lowest BCUT2D eigenvalue weighted by Crippen LogP contribution is -2.18. The molecule has 0 spiro atoms. The lowest BCUT2D eigenvalue weighted by Gasteiger charge is -2.14. The molecule has 0 fully saturated rings. The van der Waals surface area contributed by atoms with E-state index in [2.05, 4.69) is 29.1 Å². The molecule has 0 bridgehead atoms. The Hall–Kier alpha value is -1.85. The fourth-order valence-electron chi connectivity index (χ4n) is 2.04. The van der Waals surface area contributed by atoms with Crippen LogP contribution in [-0.4, -0.2) is 22.0 Å². The third kappa shape index (κ3) is 4.06. The average Bonchev–Trinajstić information content (AvgIpc) is 2.54. The Labute approximate surface area is 126 Å². The second kappa shape index (κ2) is 6.74. The summed E-state index contributed by atoms with van der Waals surface area (Å²) in [4.78, 5) is 0.270. The van der Waals surface area contributed by atoms with Gasteiger partial charge in [-0.3, -0.25) is 0 Å². The SMILES string of the molecule is CNS(=O)(=O)c1ccc(NCC(C)c2ccccc2)cc1. The Morgan fingerprint density at radius 3 is 2.19 bits per heavy atom. The molecule has 1 unspecified atom stereocenters. The lowest BCUT2D eigenvalue weighted by molar-refractivity contribution is 0.588. The Morgan fingerprint density at radius 2 is 1.62 bits per heavy atom.